The molecule has 1 amide bonds. The molecule has 24 heavy (non-hydrogen) atoms. The van der Waals surface area contributed by atoms with Gasteiger partial charge in [0.15, 0.2) is 6.61 Å². The minimum absolute atomic E-state index is 0.0247. The number of carbonyl (C=O) groups excluding carboxylic acids is 2. The van der Waals surface area contributed by atoms with Gasteiger partial charge in [-0.05, 0) is 30.5 Å². The molecule has 5 nitrogen and oxygen atoms in total. The fourth-order valence-corrected chi connectivity index (χ4v) is 2.33. The Morgan fingerprint density at radius 1 is 1.17 bits per heavy atom. The fourth-order valence-electron chi connectivity index (χ4n) is 2.33. The van der Waals surface area contributed by atoms with E-state index in [9.17, 15) is 9.59 Å². The first kappa shape index (κ1) is 20.0. The molecular formula is C19H29NO4. The van der Waals surface area contributed by atoms with Crippen molar-refractivity contribution in [1.82, 2.24) is 4.90 Å². The molecule has 0 aliphatic heterocycles. The third-order valence-corrected chi connectivity index (χ3v) is 3.93. The van der Waals surface area contributed by atoms with Gasteiger partial charge in [-0.1, -0.05) is 39.3 Å². The number of unbranched alkanes of at least 4 members (excludes halogenated alkanes) is 1. The average Bonchev–Trinajstić information content (AvgIpc) is 2.62. The van der Waals surface area contributed by atoms with Crippen molar-refractivity contribution in [3.8, 4) is 5.75 Å². The maximum absolute atomic E-state index is 12.4. The van der Waals surface area contributed by atoms with Crippen LogP contribution in [0, 0.1) is 5.92 Å². The summed E-state index contributed by atoms with van der Waals surface area (Å²) >= 11 is 0. The Hall–Kier alpha value is -2.04. The van der Waals surface area contributed by atoms with Crippen molar-refractivity contribution in [1.29, 1.82) is 0 Å². The van der Waals surface area contributed by atoms with E-state index in [0.29, 0.717) is 18.8 Å². The third kappa shape index (κ3) is 6.60. The maximum atomic E-state index is 12.4. The zero-order chi connectivity index (χ0) is 17.9. The van der Waals surface area contributed by atoms with Crippen LogP contribution in [0.2, 0.25) is 0 Å². The molecule has 0 radical (unpaired) electrons. The van der Waals surface area contributed by atoms with Crippen molar-refractivity contribution < 1.29 is 19.1 Å². The van der Waals surface area contributed by atoms with E-state index in [2.05, 4.69) is 13.8 Å². The molecular weight excluding hydrogens is 306 g/mol. The lowest BCUT2D eigenvalue weighted by atomic mass is 10.1. The van der Waals surface area contributed by atoms with Crippen LogP contribution < -0.4 is 4.74 Å². The minimum Gasteiger partial charge on any atom is -0.484 e. The van der Waals surface area contributed by atoms with Crippen molar-refractivity contribution in [3.63, 3.8) is 0 Å². The molecule has 0 spiro atoms. The molecule has 1 aromatic rings. The van der Waals surface area contributed by atoms with Gasteiger partial charge in [0.2, 0.25) is 0 Å². The van der Waals surface area contributed by atoms with Crippen molar-refractivity contribution in [2.45, 2.75) is 40.0 Å². The summed E-state index contributed by atoms with van der Waals surface area (Å²) in [5.41, 5.74) is 1.23. The Bertz CT molecular complexity index is 513. The van der Waals surface area contributed by atoms with Crippen LogP contribution in [0.5, 0.6) is 5.75 Å². The van der Waals surface area contributed by atoms with Crippen molar-refractivity contribution in [2.75, 3.05) is 26.8 Å². The number of methoxy groups -OCH3 is 1. The molecule has 0 aliphatic rings. The molecule has 1 atom stereocenters. The second-order valence-electron chi connectivity index (χ2n) is 5.90. The number of nitrogens with zero attached hydrogens (tertiary/aromatic N) is 1. The number of carbonyl (C=O) groups is 2. The monoisotopic (exact) mass is 335 g/mol. The van der Waals surface area contributed by atoms with Crippen LogP contribution in [0.15, 0.2) is 24.3 Å². The van der Waals surface area contributed by atoms with Gasteiger partial charge in [-0.2, -0.15) is 0 Å². The topological polar surface area (TPSA) is 55.8 Å². The van der Waals surface area contributed by atoms with Gasteiger partial charge in [-0.25, -0.2) is 0 Å². The summed E-state index contributed by atoms with van der Waals surface area (Å²) in [7, 11) is 1.36. The number of amides is 1. The van der Waals surface area contributed by atoms with Gasteiger partial charge in [0.1, 0.15) is 5.75 Å². The van der Waals surface area contributed by atoms with E-state index in [1.54, 1.807) is 11.8 Å². The first-order valence-electron chi connectivity index (χ1n) is 8.59. The summed E-state index contributed by atoms with van der Waals surface area (Å²) in [4.78, 5) is 25.7. The lowest BCUT2D eigenvalue weighted by Crippen LogP contribution is -2.40. The van der Waals surface area contributed by atoms with Gasteiger partial charge in [-0.3, -0.25) is 9.59 Å². The number of hydrogen-bond acceptors (Lipinski definition) is 4. The molecule has 0 saturated heterocycles. The number of benzene rings is 1. The number of esters is 1. The molecule has 1 aromatic carbocycles. The standard InChI is InChI=1S/C19H29NO4/c1-5-7-12-20(13-15(3)19(22)23-4)18(21)14-24-17-10-8-16(6-2)9-11-17/h8-11,15H,5-7,12-14H2,1-4H3. The Morgan fingerprint density at radius 3 is 2.38 bits per heavy atom. The molecule has 0 saturated carbocycles. The third-order valence-electron chi connectivity index (χ3n) is 3.93. The van der Waals surface area contributed by atoms with Crippen LogP contribution in [0.3, 0.4) is 0 Å². The normalized spacial score (nSPS) is 11.7. The van der Waals surface area contributed by atoms with Crippen LogP contribution in [0.25, 0.3) is 0 Å². The minimum atomic E-state index is -0.348. The van der Waals surface area contributed by atoms with Gasteiger partial charge in [0.05, 0.1) is 13.0 Å². The summed E-state index contributed by atoms with van der Waals surface area (Å²) in [5, 5.41) is 0. The van der Waals surface area contributed by atoms with E-state index in [1.807, 2.05) is 24.3 Å². The van der Waals surface area contributed by atoms with Gasteiger partial charge < -0.3 is 14.4 Å². The van der Waals surface area contributed by atoms with Crippen LogP contribution in [-0.4, -0.2) is 43.6 Å². The van der Waals surface area contributed by atoms with E-state index in [1.165, 1.54) is 12.7 Å². The Labute approximate surface area is 144 Å². The van der Waals surface area contributed by atoms with E-state index in [-0.39, 0.29) is 24.4 Å². The summed E-state index contributed by atoms with van der Waals surface area (Å²) in [6, 6.07) is 7.74. The molecule has 0 heterocycles. The quantitative estimate of drug-likeness (QED) is 0.617. The van der Waals surface area contributed by atoms with Crippen LogP contribution in [0.4, 0.5) is 0 Å². The predicted molar refractivity (Wildman–Crippen MR) is 94.0 cm³/mol. The first-order valence-corrected chi connectivity index (χ1v) is 8.59. The molecule has 134 valence electrons. The maximum Gasteiger partial charge on any atom is 0.310 e. The van der Waals surface area contributed by atoms with E-state index < -0.39 is 0 Å². The fraction of sp³-hybridized carbons (Fsp3) is 0.579. The van der Waals surface area contributed by atoms with Crippen LogP contribution >= 0.6 is 0 Å². The lowest BCUT2D eigenvalue weighted by Gasteiger charge is -2.25. The predicted octanol–water partition coefficient (Wildman–Crippen LogP) is 3.07. The number of aryl methyl sites for hydroxylation is 1. The van der Waals surface area contributed by atoms with E-state index in [4.69, 9.17) is 9.47 Å². The summed E-state index contributed by atoms with van der Waals surface area (Å²) in [6.45, 7) is 6.87. The van der Waals surface area contributed by atoms with Crippen LogP contribution in [0.1, 0.15) is 39.2 Å². The van der Waals surface area contributed by atoms with Crippen molar-refractivity contribution in [2.24, 2.45) is 5.92 Å². The van der Waals surface area contributed by atoms with E-state index in [0.717, 1.165) is 19.3 Å². The van der Waals surface area contributed by atoms with Gasteiger partial charge in [-0.15, -0.1) is 0 Å². The first-order chi connectivity index (χ1) is 11.5. The molecule has 0 aliphatic carbocycles. The van der Waals surface area contributed by atoms with Gasteiger partial charge >= 0.3 is 5.97 Å². The SMILES string of the molecule is CCCCN(CC(C)C(=O)OC)C(=O)COc1ccc(CC)cc1. The zero-order valence-electron chi connectivity index (χ0n) is 15.2. The smallest absolute Gasteiger partial charge is 0.310 e. The molecule has 1 unspecified atom stereocenters. The Kier molecular flexibility index (Phi) is 8.90. The highest BCUT2D eigenvalue weighted by Gasteiger charge is 2.21. The highest BCUT2D eigenvalue weighted by Crippen LogP contribution is 2.13. The molecule has 0 bridgehead atoms. The highest BCUT2D eigenvalue weighted by molar-refractivity contribution is 5.79. The average molecular weight is 335 g/mol. The van der Waals surface area contributed by atoms with Gasteiger partial charge in [0, 0.05) is 13.1 Å². The highest BCUT2D eigenvalue weighted by atomic mass is 16.5. The lowest BCUT2D eigenvalue weighted by molar-refractivity contribution is -0.146. The van der Waals surface area contributed by atoms with Gasteiger partial charge in [0.25, 0.3) is 5.91 Å². The van der Waals surface area contributed by atoms with Crippen LogP contribution in [-0.2, 0) is 20.7 Å². The second kappa shape index (κ2) is 10.7. The van der Waals surface area contributed by atoms with E-state index >= 15 is 0 Å². The number of rotatable bonds is 10. The zero-order valence-corrected chi connectivity index (χ0v) is 15.2. The molecule has 5 heteroatoms. The van der Waals surface area contributed by atoms with Crippen molar-refractivity contribution >= 4 is 11.9 Å². The largest absolute Gasteiger partial charge is 0.484 e. The Balaban J connectivity index is 2.60. The molecule has 1 rings (SSSR count). The number of ether oxygens (including phenoxy) is 2. The summed E-state index contributed by atoms with van der Waals surface area (Å²) < 4.78 is 10.3. The molecule has 0 fully saturated rings. The second-order valence-corrected chi connectivity index (χ2v) is 5.90. The summed E-state index contributed by atoms with van der Waals surface area (Å²) in [5.74, 6) is -0.0872. The Morgan fingerprint density at radius 2 is 1.83 bits per heavy atom. The molecule has 0 N–H and O–H groups in total. The number of hydrogen-bond donors (Lipinski definition) is 0. The molecule has 0 aromatic heterocycles. The van der Waals surface area contributed by atoms with Crippen molar-refractivity contribution in [3.05, 3.63) is 29.8 Å². The summed E-state index contributed by atoms with van der Waals surface area (Å²) in [6.07, 6.45) is 2.84.